The van der Waals surface area contributed by atoms with Crippen molar-refractivity contribution in [3.05, 3.63) is 35.5 Å². The van der Waals surface area contributed by atoms with Crippen molar-refractivity contribution < 1.29 is 0 Å². The van der Waals surface area contributed by atoms with Gasteiger partial charge in [-0.05, 0) is 6.07 Å². The topological polar surface area (TPSA) is 36.7 Å². The van der Waals surface area contributed by atoms with Crippen LogP contribution in [-0.2, 0) is 0 Å². The predicted molar refractivity (Wildman–Crippen MR) is 54.9 cm³/mol. The first-order valence-corrected chi connectivity index (χ1v) is 4.94. The number of pyridine rings is 1. The van der Waals surface area contributed by atoms with Gasteiger partial charge in [-0.3, -0.25) is 0 Å². The third-order valence-corrected chi connectivity index (χ3v) is 2.80. The summed E-state index contributed by atoms with van der Waals surface area (Å²) in [5, 5.41) is 9.79. The van der Waals surface area contributed by atoms with Crippen molar-refractivity contribution in [3.8, 4) is 6.07 Å². The molecule has 1 rings (SSSR count). The van der Waals surface area contributed by atoms with Gasteiger partial charge in [0, 0.05) is 11.9 Å². The summed E-state index contributed by atoms with van der Waals surface area (Å²) in [5.74, 6) is 0.738. The Labute approximate surface area is 86.2 Å². The standard InChI is InChI=1S/C9H7ClN2S/c1-2-5-13-9-8(10)7(6-11)3-4-12-9/h2-4H,1,5H2. The lowest BCUT2D eigenvalue weighted by Crippen LogP contribution is -1.85. The molecule has 0 saturated carbocycles. The SMILES string of the molecule is C=CCSc1nccc(C#N)c1Cl. The molecule has 0 fully saturated rings. The number of thioether (sulfide) groups is 1. The molecule has 1 aromatic heterocycles. The number of nitrogens with zero attached hydrogens (tertiary/aromatic N) is 2. The van der Waals surface area contributed by atoms with Gasteiger partial charge >= 0.3 is 0 Å². The summed E-state index contributed by atoms with van der Waals surface area (Å²) in [6.45, 7) is 3.59. The Hall–Kier alpha value is -0.980. The summed E-state index contributed by atoms with van der Waals surface area (Å²) >= 11 is 7.37. The summed E-state index contributed by atoms with van der Waals surface area (Å²) < 4.78 is 0. The molecule has 0 bridgehead atoms. The third-order valence-electron chi connectivity index (χ3n) is 1.32. The molecule has 2 nitrogen and oxygen atoms in total. The highest BCUT2D eigenvalue weighted by Crippen LogP contribution is 2.27. The fraction of sp³-hybridized carbons (Fsp3) is 0.111. The van der Waals surface area contributed by atoms with E-state index in [-0.39, 0.29) is 0 Å². The van der Waals surface area contributed by atoms with Crippen molar-refractivity contribution >= 4 is 23.4 Å². The molecule has 0 N–H and O–H groups in total. The fourth-order valence-electron chi connectivity index (χ4n) is 0.749. The second-order valence-electron chi connectivity index (χ2n) is 2.19. The molecule has 1 aromatic rings. The van der Waals surface area contributed by atoms with Crippen LogP contribution in [0.2, 0.25) is 5.02 Å². The molecule has 0 aromatic carbocycles. The smallest absolute Gasteiger partial charge is 0.116 e. The number of hydrogen-bond acceptors (Lipinski definition) is 3. The van der Waals surface area contributed by atoms with Crippen LogP contribution in [0.4, 0.5) is 0 Å². The zero-order chi connectivity index (χ0) is 9.68. The van der Waals surface area contributed by atoms with E-state index in [0.717, 1.165) is 5.75 Å². The van der Waals surface area contributed by atoms with Crippen LogP contribution >= 0.6 is 23.4 Å². The van der Waals surface area contributed by atoms with E-state index in [2.05, 4.69) is 11.6 Å². The van der Waals surface area contributed by atoms with Crippen LogP contribution in [0.15, 0.2) is 29.9 Å². The average Bonchev–Trinajstić information content (AvgIpc) is 2.16. The molecular weight excluding hydrogens is 204 g/mol. The van der Waals surface area contributed by atoms with Gasteiger partial charge in [-0.1, -0.05) is 17.7 Å². The maximum Gasteiger partial charge on any atom is 0.116 e. The van der Waals surface area contributed by atoms with Crippen molar-refractivity contribution in [1.29, 1.82) is 5.26 Å². The highest BCUT2D eigenvalue weighted by atomic mass is 35.5. The second-order valence-corrected chi connectivity index (χ2v) is 3.58. The first kappa shape index (κ1) is 10.1. The summed E-state index contributed by atoms with van der Waals surface area (Å²) in [6.07, 6.45) is 3.34. The largest absolute Gasteiger partial charge is 0.248 e. The molecule has 0 saturated heterocycles. The van der Waals surface area contributed by atoms with Crippen molar-refractivity contribution in [2.75, 3.05) is 5.75 Å². The van der Waals surface area contributed by atoms with E-state index in [1.165, 1.54) is 11.8 Å². The molecule has 0 aliphatic carbocycles. The van der Waals surface area contributed by atoms with Crippen molar-refractivity contribution in [1.82, 2.24) is 4.98 Å². The zero-order valence-electron chi connectivity index (χ0n) is 6.83. The minimum atomic E-state index is 0.428. The summed E-state index contributed by atoms with van der Waals surface area (Å²) in [5.41, 5.74) is 0.461. The monoisotopic (exact) mass is 210 g/mol. The molecule has 0 amide bonds. The Morgan fingerprint density at radius 3 is 3.15 bits per heavy atom. The highest BCUT2D eigenvalue weighted by molar-refractivity contribution is 7.99. The first-order valence-electron chi connectivity index (χ1n) is 3.58. The van der Waals surface area contributed by atoms with Gasteiger partial charge in [-0.2, -0.15) is 5.26 Å². The molecule has 0 radical (unpaired) electrons. The van der Waals surface area contributed by atoms with Gasteiger partial charge in [-0.15, -0.1) is 18.3 Å². The van der Waals surface area contributed by atoms with Gasteiger partial charge in [0.1, 0.15) is 11.1 Å². The third kappa shape index (κ3) is 2.48. The zero-order valence-corrected chi connectivity index (χ0v) is 8.40. The van der Waals surface area contributed by atoms with Gasteiger partial charge in [-0.25, -0.2) is 4.98 Å². The fourth-order valence-corrected chi connectivity index (χ4v) is 1.71. The van der Waals surface area contributed by atoms with E-state index in [1.807, 2.05) is 6.07 Å². The van der Waals surface area contributed by atoms with Crippen LogP contribution < -0.4 is 0 Å². The second kappa shape index (κ2) is 4.90. The lowest BCUT2D eigenvalue weighted by atomic mass is 10.3. The van der Waals surface area contributed by atoms with Crippen molar-refractivity contribution in [3.63, 3.8) is 0 Å². The Morgan fingerprint density at radius 2 is 2.54 bits per heavy atom. The van der Waals surface area contributed by atoms with Crippen LogP contribution in [0.1, 0.15) is 5.56 Å². The van der Waals surface area contributed by atoms with E-state index in [0.29, 0.717) is 15.6 Å². The maximum atomic E-state index is 8.68. The average molecular weight is 211 g/mol. The normalized spacial score (nSPS) is 9.23. The maximum absolute atomic E-state index is 8.68. The van der Waals surface area contributed by atoms with E-state index >= 15 is 0 Å². The van der Waals surface area contributed by atoms with E-state index in [1.54, 1.807) is 18.3 Å². The lowest BCUT2D eigenvalue weighted by Gasteiger charge is -2.00. The van der Waals surface area contributed by atoms with Crippen LogP contribution in [-0.4, -0.2) is 10.7 Å². The van der Waals surface area contributed by atoms with E-state index in [9.17, 15) is 0 Å². The van der Waals surface area contributed by atoms with Crippen LogP contribution in [0.3, 0.4) is 0 Å². The highest BCUT2D eigenvalue weighted by Gasteiger charge is 2.06. The Morgan fingerprint density at radius 1 is 1.77 bits per heavy atom. The van der Waals surface area contributed by atoms with Crippen LogP contribution in [0.5, 0.6) is 0 Å². The van der Waals surface area contributed by atoms with Gasteiger partial charge in [0.25, 0.3) is 0 Å². The predicted octanol–water partition coefficient (Wildman–Crippen LogP) is 2.88. The minimum Gasteiger partial charge on any atom is -0.248 e. The molecule has 66 valence electrons. The number of hydrogen-bond donors (Lipinski definition) is 0. The molecule has 0 aliphatic heterocycles. The van der Waals surface area contributed by atoms with Gasteiger partial charge in [0.2, 0.25) is 0 Å². The summed E-state index contributed by atoms with van der Waals surface area (Å²) in [7, 11) is 0. The molecule has 0 unspecified atom stereocenters. The summed E-state index contributed by atoms with van der Waals surface area (Å²) in [6, 6.07) is 3.60. The number of halogens is 1. The van der Waals surface area contributed by atoms with Gasteiger partial charge in [0.15, 0.2) is 0 Å². The lowest BCUT2D eigenvalue weighted by molar-refractivity contribution is 1.13. The molecule has 0 aliphatic rings. The Bertz CT molecular complexity index is 357. The quantitative estimate of drug-likeness (QED) is 0.569. The van der Waals surface area contributed by atoms with E-state index < -0.39 is 0 Å². The van der Waals surface area contributed by atoms with Crippen LogP contribution in [0, 0.1) is 11.3 Å². The summed E-state index contributed by atoms with van der Waals surface area (Å²) in [4.78, 5) is 4.06. The Balaban J connectivity index is 2.95. The number of rotatable bonds is 3. The molecule has 4 heteroatoms. The first-order chi connectivity index (χ1) is 6.29. The van der Waals surface area contributed by atoms with E-state index in [4.69, 9.17) is 16.9 Å². The molecule has 0 spiro atoms. The number of aromatic nitrogens is 1. The molecule has 1 heterocycles. The Kier molecular flexibility index (Phi) is 3.81. The van der Waals surface area contributed by atoms with Crippen LogP contribution in [0.25, 0.3) is 0 Å². The molecular formula is C9H7ClN2S. The van der Waals surface area contributed by atoms with Crippen molar-refractivity contribution in [2.24, 2.45) is 0 Å². The number of nitriles is 1. The minimum absolute atomic E-state index is 0.428. The van der Waals surface area contributed by atoms with Gasteiger partial charge < -0.3 is 0 Å². The molecule has 0 atom stereocenters. The van der Waals surface area contributed by atoms with Crippen molar-refractivity contribution in [2.45, 2.75) is 5.03 Å². The van der Waals surface area contributed by atoms with Gasteiger partial charge in [0.05, 0.1) is 10.6 Å². The molecule has 13 heavy (non-hydrogen) atoms.